The Labute approximate surface area is 122 Å². The fraction of sp³-hybridized carbons (Fsp3) is 0.923. The number of halogens is 1. The van der Waals surface area contributed by atoms with Crippen LogP contribution in [0.1, 0.15) is 58.3 Å². The van der Waals surface area contributed by atoms with Crippen molar-refractivity contribution in [1.82, 2.24) is 5.32 Å². The van der Waals surface area contributed by atoms with E-state index in [1.807, 2.05) is 0 Å². The standard InChI is InChI=1S/C13H25N3.HI/c1-13(8-5-9-13)10-15-12(14)16-11-6-3-2-4-7-11;/h11H,2-10H2,1H3,(H3,14,15,16);1H. The average Bonchev–Trinajstić information content (AvgIpc) is 2.25. The van der Waals surface area contributed by atoms with Crippen molar-refractivity contribution >= 4 is 29.9 Å². The minimum atomic E-state index is 0. The van der Waals surface area contributed by atoms with E-state index < -0.39 is 0 Å². The summed E-state index contributed by atoms with van der Waals surface area (Å²) in [5, 5.41) is 3.37. The maximum absolute atomic E-state index is 5.93. The highest BCUT2D eigenvalue weighted by Gasteiger charge is 2.31. The van der Waals surface area contributed by atoms with Gasteiger partial charge in [0.2, 0.25) is 0 Å². The van der Waals surface area contributed by atoms with Crippen LogP contribution in [0.3, 0.4) is 0 Å². The molecule has 2 fully saturated rings. The summed E-state index contributed by atoms with van der Waals surface area (Å²) in [5.74, 6) is 0.667. The Balaban J connectivity index is 0.00000144. The molecule has 0 aromatic rings. The van der Waals surface area contributed by atoms with Crippen LogP contribution in [-0.4, -0.2) is 18.5 Å². The Morgan fingerprint density at radius 3 is 2.41 bits per heavy atom. The molecule has 0 bridgehead atoms. The Bertz CT molecular complexity index is 255. The lowest BCUT2D eigenvalue weighted by atomic mass is 9.71. The topological polar surface area (TPSA) is 50.4 Å². The summed E-state index contributed by atoms with van der Waals surface area (Å²) in [4.78, 5) is 4.50. The summed E-state index contributed by atoms with van der Waals surface area (Å²) >= 11 is 0. The van der Waals surface area contributed by atoms with E-state index in [9.17, 15) is 0 Å². The molecule has 0 saturated heterocycles. The zero-order chi connectivity index (χ0) is 11.4. The molecule has 0 aromatic heterocycles. The van der Waals surface area contributed by atoms with Gasteiger partial charge >= 0.3 is 0 Å². The van der Waals surface area contributed by atoms with Gasteiger partial charge in [0.1, 0.15) is 0 Å². The second-order valence-corrected chi connectivity index (χ2v) is 5.84. The zero-order valence-electron chi connectivity index (χ0n) is 10.9. The van der Waals surface area contributed by atoms with Crippen LogP contribution >= 0.6 is 24.0 Å². The third-order valence-electron chi connectivity index (χ3n) is 4.15. The van der Waals surface area contributed by atoms with Crippen molar-refractivity contribution in [3.63, 3.8) is 0 Å². The van der Waals surface area contributed by atoms with Gasteiger partial charge in [-0.05, 0) is 31.1 Å². The van der Waals surface area contributed by atoms with Crippen LogP contribution in [0.15, 0.2) is 4.99 Å². The maximum atomic E-state index is 5.93. The Morgan fingerprint density at radius 1 is 1.24 bits per heavy atom. The van der Waals surface area contributed by atoms with E-state index in [0.717, 1.165) is 6.54 Å². The van der Waals surface area contributed by atoms with Crippen molar-refractivity contribution in [2.45, 2.75) is 64.3 Å². The number of hydrogen-bond acceptors (Lipinski definition) is 1. The summed E-state index contributed by atoms with van der Waals surface area (Å²) in [7, 11) is 0. The highest BCUT2D eigenvalue weighted by Crippen LogP contribution is 2.40. The summed E-state index contributed by atoms with van der Waals surface area (Å²) in [6.07, 6.45) is 10.6. The molecule has 0 aliphatic heterocycles. The van der Waals surface area contributed by atoms with Gasteiger partial charge in [-0.25, -0.2) is 0 Å². The van der Waals surface area contributed by atoms with E-state index in [0.29, 0.717) is 17.4 Å². The maximum Gasteiger partial charge on any atom is 0.188 e. The molecular weight excluding hydrogens is 325 g/mol. The van der Waals surface area contributed by atoms with E-state index in [1.165, 1.54) is 51.4 Å². The molecule has 3 nitrogen and oxygen atoms in total. The van der Waals surface area contributed by atoms with E-state index >= 15 is 0 Å². The molecule has 0 atom stereocenters. The van der Waals surface area contributed by atoms with E-state index in [-0.39, 0.29) is 24.0 Å². The lowest BCUT2D eigenvalue weighted by Crippen LogP contribution is -2.42. The van der Waals surface area contributed by atoms with Gasteiger partial charge < -0.3 is 11.1 Å². The minimum Gasteiger partial charge on any atom is -0.370 e. The highest BCUT2D eigenvalue weighted by molar-refractivity contribution is 14.0. The number of aliphatic imine (C=N–C) groups is 1. The molecule has 17 heavy (non-hydrogen) atoms. The van der Waals surface area contributed by atoms with Gasteiger partial charge in [-0.2, -0.15) is 0 Å². The highest BCUT2D eigenvalue weighted by atomic mass is 127. The molecule has 2 aliphatic rings. The smallest absolute Gasteiger partial charge is 0.188 e. The van der Waals surface area contributed by atoms with E-state index in [1.54, 1.807) is 0 Å². The van der Waals surface area contributed by atoms with Crippen LogP contribution in [0.4, 0.5) is 0 Å². The van der Waals surface area contributed by atoms with E-state index in [2.05, 4.69) is 17.2 Å². The molecule has 0 aromatic carbocycles. The number of nitrogens with zero attached hydrogens (tertiary/aromatic N) is 1. The van der Waals surface area contributed by atoms with Crippen LogP contribution in [-0.2, 0) is 0 Å². The van der Waals surface area contributed by atoms with Crippen LogP contribution in [0, 0.1) is 5.41 Å². The van der Waals surface area contributed by atoms with Crippen molar-refractivity contribution in [2.24, 2.45) is 16.1 Å². The minimum absolute atomic E-state index is 0. The van der Waals surface area contributed by atoms with Gasteiger partial charge in [0.05, 0.1) is 0 Å². The van der Waals surface area contributed by atoms with Gasteiger partial charge in [0.25, 0.3) is 0 Å². The van der Waals surface area contributed by atoms with Crippen LogP contribution in [0.5, 0.6) is 0 Å². The Hall–Kier alpha value is 0. The molecule has 0 unspecified atom stereocenters. The molecule has 0 amide bonds. The summed E-state index contributed by atoms with van der Waals surface area (Å²) in [6.45, 7) is 3.21. The second-order valence-electron chi connectivity index (χ2n) is 5.84. The first kappa shape index (κ1) is 15.1. The van der Waals surface area contributed by atoms with Gasteiger partial charge in [-0.1, -0.05) is 32.6 Å². The van der Waals surface area contributed by atoms with Crippen molar-refractivity contribution < 1.29 is 0 Å². The Kier molecular flexibility index (Phi) is 6.03. The monoisotopic (exact) mass is 351 g/mol. The molecule has 0 radical (unpaired) electrons. The predicted molar refractivity (Wildman–Crippen MR) is 83.9 cm³/mol. The molecule has 100 valence electrons. The van der Waals surface area contributed by atoms with Crippen molar-refractivity contribution in [2.75, 3.05) is 6.54 Å². The second kappa shape index (κ2) is 6.81. The van der Waals surface area contributed by atoms with Crippen molar-refractivity contribution in [3.8, 4) is 0 Å². The van der Waals surface area contributed by atoms with Gasteiger partial charge in [0.15, 0.2) is 5.96 Å². The van der Waals surface area contributed by atoms with Gasteiger partial charge in [-0.3, -0.25) is 4.99 Å². The van der Waals surface area contributed by atoms with Gasteiger partial charge in [-0.15, -0.1) is 24.0 Å². The first-order valence-electron chi connectivity index (χ1n) is 6.74. The third-order valence-corrected chi connectivity index (χ3v) is 4.15. The zero-order valence-corrected chi connectivity index (χ0v) is 13.2. The summed E-state index contributed by atoms with van der Waals surface area (Å²) < 4.78 is 0. The third kappa shape index (κ3) is 4.64. The normalized spacial score (nSPS) is 24.6. The van der Waals surface area contributed by atoms with Crippen LogP contribution < -0.4 is 11.1 Å². The van der Waals surface area contributed by atoms with Gasteiger partial charge in [0, 0.05) is 12.6 Å². The largest absolute Gasteiger partial charge is 0.370 e. The molecule has 2 rings (SSSR count). The first-order valence-corrected chi connectivity index (χ1v) is 6.74. The number of nitrogens with one attached hydrogen (secondary N) is 1. The molecule has 2 aliphatic carbocycles. The SMILES string of the molecule is CC1(CN=C(N)NC2CCCCC2)CCC1.I. The molecule has 4 heteroatoms. The fourth-order valence-corrected chi connectivity index (χ4v) is 2.72. The van der Waals surface area contributed by atoms with Crippen molar-refractivity contribution in [1.29, 1.82) is 0 Å². The summed E-state index contributed by atoms with van der Waals surface area (Å²) in [5.41, 5.74) is 6.37. The Morgan fingerprint density at radius 2 is 1.88 bits per heavy atom. The molecule has 2 saturated carbocycles. The number of guanidine groups is 1. The van der Waals surface area contributed by atoms with Crippen LogP contribution in [0.25, 0.3) is 0 Å². The predicted octanol–water partition coefficient (Wildman–Crippen LogP) is 3.03. The molecule has 0 heterocycles. The van der Waals surface area contributed by atoms with E-state index in [4.69, 9.17) is 5.73 Å². The number of hydrogen-bond donors (Lipinski definition) is 2. The number of nitrogens with two attached hydrogens (primary N) is 1. The number of rotatable bonds is 3. The average molecular weight is 351 g/mol. The van der Waals surface area contributed by atoms with Crippen molar-refractivity contribution in [3.05, 3.63) is 0 Å². The quantitative estimate of drug-likeness (QED) is 0.467. The molecule has 0 spiro atoms. The lowest BCUT2D eigenvalue weighted by molar-refractivity contribution is 0.173. The lowest BCUT2D eigenvalue weighted by Gasteiger charge is -2.37. The first-order chi connectivity index (χ1) is 7.68. The summed E-state index contributed by atoms with van der Waals surface area (Å²) in [6, 6.07) is 0.576. The van der Waals surface area contributed by atoms with Crippen LogP contribution in [0.2, 0.25) is 0 Å². The molecule has 3 N–H and O–H groups in total. The molecular formula is C13H26IN3. The fourth-order valence-electron chi connectivity index (χ4n) is 2.72.